The highest BCUT2D eigenvalue weighted by Gasteiger charge is 2.31. The van der Waals surface area contributed by atoms with Gasteiger partial charge in [-0.15, -0.1) is 0 Å². The van der Waals surface area contributed by atoms with Crippen LogP contribution >= 0.6 is 0 Å². The Bertz CT molecular complexity index is 574. The average molecular weight is 251 g/mol. The van der Waals surface area contributed by atoms with Gasteiger partial charge in [0.25, 0.3) is 10.0 Å². The van der Waals surface area contributed by atoms with Crippen LogP contribution in [0.4, 0.5) is 0 Å². The molecule has 0 amide bonds. The molecule has 0 aromatic heterocycles. The van der Waals surface area contributed by atoms with Crippen LogP contribution in [0.1, 0.15) is 12.0 Å². The Kier molecular flexibility index (Phi) is 2.41. The zero-order valence-corrected chi connectivity index (χ0v) is 10.00. The van der Waals surface area contributed by atoms with E-state index < -0.39 is 10.0 Å². The van der Waals surface area contributed by atoms with Gasteiger partial charge < -0.3 is 5.32 Å². The summed E-state index contributed by atoms with van der Waals surface area (Å²) in [6.45, 7) is 1.75. The third kappa shape index (κ3) is 1.83. The Morgan fingerprint density at radius 3 is 2.88 bits per heavy atom. The van der Waals surface area contributed by atoms with Crippen LogP contribution in [0.15, 0.2) is 34.2 Å². The van der Waals surface area contributed by atoms with Crippen LogP contribution in [0.3, 0.4) is 0 Å². The van der Waals surface area contributed by atoms with Crippen molar-refractivity contribution in [2.45, 2.75) is 17.4 Å². The maximum atomic E-state index is 11.8. The van der Waals surface area contributed by atoms with E-state index in [2.05, 4.69) is 15.0 Å². The van der Waals surface area contributed by atoms with Gasteiger partial charge >= 0.3 is 0 Å². The van der Waals surface area contributed by atoms with E-state index in [1.807, 2.05) is 6.07 Å². The molecule has 6 heteroatoms. The summed E-state index contributed by atoms with van der Waals surface area (Å²) in [7, 11) is -3.40. The molecule has 5 nitrogen and oxygen atoms in total. The standard InChI is InChI=1S/C11H13N3O2S/c15-17(16)10-4-2-1-3-9(10)11(14-17)13-8-5-6-12-7-8/h1-4,8,12H,5-7H2,(H,13,14)/t8-/m0/s1. The summed E-state index contributed by atoms with van der Waals surface area (Å²) in [6, 6.07) is 7.10. The average Bonchev–Trinajstić information content (AvgIpc) is 2.88. The van der Waals surface area contributed by atoms with Crippen LogP contribution in [0.25, 0.3) is 0 Å². The molecule has 90 valence electrons. The molecule has 2 aliphatic rings. The van der Waals surface area contributed by atoms with E-state index in [0.29, 0.717) is 16.3 Å². The minimum atomic E-state index is -3.40. The molecule has 0 radical (unpaired) electrons. The van der Waals surface area contributed by atoms with Crippen molar-refractivity contribution in [2.24, 2.45) is 4.99 Å². The molecular formula is C11H13N3O2S. The van der Waals surface area contributed by atoms with Crippen molar-refractivity contribution in [3.8, 4) is 0 Å². The highest BCUT2D eigenvalue weighted by atomic mass is 32.2. The van der Waals surface area contributed by atoms with Crippen LogP contribution in [0, 0.1) is 0 Å². The summed E-state index contributed by atoms with van der Waals surface area (Å²) >= 11 is 0. The monoisotopic (exact) mass is 251 g/mol. The van der Waals surface area contributed by atoms with Crippen molar-refractivity contribution in [3.05, 3.63) is 29.8 Å². The first kappa shape index (κ1) is 10.7. The predicted molar refractivity (Wildman–Crippen MR) is 64.6 cm³/mol. The van der Waals surface area contributed by atoms with Crippen molar-refractivity contribution >= 4 is 15.9 Å². The lowest BCUT2D eigenvalue weighted by Crippen LogP contribution is -2.24. The number of nitrogens with one attached hydrogen (secondary N) is 2. The maximum absolute atomic E-state index is 11.8. The zero-order chi connectivity index (χ0) is 11.9. The summed E-state index contributed by atoms with van der Waals surface area (Å²) in [5, 5.41) is 3.21. The van der Waals surface area contributed by atoms with Gasteiger partial charge in [0.15, 0.2) is 0 Å². The summed E-state index contributed by atoms with van der Waals surface area (Å²) in [5.41, 5.74) is 0.680. The molecular weight excluding hydrogens is 238 g/mol. The molecule has 1 aromatic carbocycles. The van der Waals surface area contributed by atoms with Crippen LogP contribution in [-0.2, 0) is 10.0 Å². The molecule has 0 aliphatic carbocycles. The van der Waals surface area contributed by atoms with Crippen molar-refractivity contribution in [1.29, 1.82) is 0 Å². The topological polar surface area (TPSA) is 70.6 Å². The second kappa shape index (κ2) is 3.82. The number of amidine groups is 1. The first-order chi connectivity index (χ1) is 8.17. The van der Waals surface area contributed by atoms with Gasteiger partial charge in [-0.3, -0.25) is 9.71 Å². The number of sulfonamides is 1. The van der Waals surface area contributed by atoms with E-state index in [0.717, 1.165) is 19.5 Å². The first-order valence-electron chi connectivity index (χ1n) is 5.57. The smallest absolute Gasteiger partial charge is 0.263 e. The molecule has 2 aliphatic heterocycles. The van der Waals surface area contributed by atoms with Gasteiger partial charge in [0.2, 0.25) is 0 Å². The van der Waals surface area contributed by atoms with E-state index in [-0.39, 0.29) is 6.04 Å². The van der Waals surface area contributed by atoms with Gasteiger partial charge in [0.05, 0.1) is 10.9 Å². The quantitative estimate of drug-likeness (QED) is 0.743. The molecule has 1 saturated heterocycles. The highest BCUT2D eigenvalue weighted by Crippen LogP contribution is 2.22. The molecule has 17 heavy (non-hydrogen) atoms. The number of hydrogen-bond acceptors (Lipinski definition) is 4. The van der Waals surface area contributed by atoms with Gasteiger partial charge in [-0.25, -0.2) is 8.42 Å². The summed E-state index contributed by atoms with van der Waals surface area (Å²) < 4.78 is 26.2. The second-order valence-electron chi connectivity index (χ2n) is 4.23. The Morgan fingerprint density at radius 1 is 1.29 bits per heavy atom. The first-order valence-corrected chi connectivity index (χ1v) is 7.06. The van der Waals surface area contributed by atoms with Crippen molar-refractivity contribution in [1.82, 2.24) is 10.0 Å². The molecule has 1 aromatic rings. The van der Waals surface area contributed by atoms with E-state index >= 15 is 0 Å². The number of hydrogen-bond donors (Lipinski definition) is 2. The van der Waals surface area contributed by atoms with E-state index in [1.165, 1.54) is 0 Å². The maximum Gasteiger partial charge on any atom is 0.263 e. The molecule has 0 unspecified atom stereocenters. The number of rotatable bonds is 1. The van der Waals surface area contributed by atoms with Crippen LogP contribution in [-0.4, -0.2) is 33.4 Å². The van der Waals surface area contributed by atoms with E-state index in [1.54, 1.807) is 18.2 Å². The normalized spacial score (nSPS) is 28.0. The van der Waals surface area contributed by atoms with Gasteiger partial charge in [0.1, 0.15) is 5.84 Å². The molecule has 2 heterocycles. The fraction of sp³-hybridized carbons (Fsp3) is 0.364. The zero-order valence-electron chi connectivity index (χ0n) is 9.18. The SMILES string of the molecule is O=S1(=O)NC(=N[C@H]2CCNC2)c2ccccc21. The van der Waals surface area contributed by atoms with Crippen molar-refractivity contribution < 1.29 is 8.42 Å². The summed E-state index contributed by atoms with van der Waals surface area (Å²) in [6.07, 6.45) is 0.952. The number of benzene rings is 1. The molecule has 0 saturated carbocycles. The van der Waals surface area contributed by atoms with Gasteiger partial charge in [-0.05, 0) is 25.1 Å². The molecule has 1 atom stereocenters. The van der Waals surface area contributed by atoms with Crippen LogP contribution in [0.5, 0.6) is 0 Å². The van der Waals surface area contributed by atoms with E-state index in [9.17, 15) is 8.42 Å². The van der Waals surface area contributed by atoms with Crippen molar-refractivity contribution in [3.63, 3.8) is 0 Å². The Labute approximate surface area is 100 Å². The molecule has 1 fully saturated rings. The lowest BCUT2D eigenvalue weighted by Gasteiger charge is -2.03. The Balaban J connectivity index is 2.04. The minimum absolute atomic E-state index is 0.166. The predicted octanol–water partition coefficient (Wildman–Crippen LogP) is 0.0870. The van der Waals surface area contributed by atoms with Gasteiger partial charge in [-0.1, -0.05) is 12.1 Å². The molecule has 3 rings (SSSR count). The van der Waals surface area contributed by atoms with Gasteiger partial charge in [0, 0.05) is 12.1 Å². The van der Waals surface area contributed by atoms with Crippen molar-refractivity contribution in [2.75, 3.05) is 13.1 Å². The molecule has 0 spiro atoms. The van der Waals surface area contributed by atoms with Gasteiger partial charge in [-0.2, -0.15) is 0 Å². The highest BCUT2D eigenvalue weighted by molar-refractivity contribution is 7.90. The fourth-order valence-electron chi connectivity index (χ4n) is 2.16. The number of aliphatic imine (C=N–C) groups is 1. The Hall–Kier alpha value is -1.40. The number of fused-ring (bicyclic) bond motifs is 1. The summed E-state index contributed by atoms with van der Waals surface area (Å²) in [4.78, 5) is 4.80. The van der Waals surface area contributed by atoms with E-state index in [4.69, 9.17) is 0 Å². The minimum Gasteiger partial charge on any atom is -0.315 e. The summed E-state index contributed by atoms with van der Waals surface area (Å²) in [5.74, 6) is 0.481. The van der Waals surface area contributed by atoms with Crippen LogP contribution < -0.4 is 10.0 Å². The Morgan fingerprint density at radius 2 is 2.12 bits per heavy atom. The fourth-order valence-corrected chi connectivity index (χ4v) is 3.40. The molecule has 0 bridgehead atoms. The second-order valence-corrected chi connectivity index (χ2v) is 5.88. The largest absolute Gasteiger partial charge is 0.315 e. The van der Waals surface area contributed by atoms with Crippen LogP contribution in [0.2, 0.25) is 0 Å². The third-order valence-electron chi connectivity index (χ3n) is 3.01. The number of nitrogens with zero attached hydrogens (tertiary/aromatic N) is 1. The molecule has 2 N–H and O–H groups in total. The lowest BCUT2D eigenvalue weighted by atomic mass is 10.2. The lowest BCUT2D eigenvalue weighted by molar-refractivity contribution is 0.595. The third-order valence-corrected chi connectivity index (χ3v) is 4.41.